The monoisotopic (exact) mass is 108 g/mol. The minimum Gasteiger partial charge on any atom is -0.324 e. The van der Waals surface area contributed by atoms with Crippen LogP contribution in [0.5, 0.6) is 0 Å². The van der Waals surface area contributed by atoms with Gasteiger partial charge in [-0.05, 0) is 20.0 Å². The first-order valence-corrected chi connectivity index (χ1v) is 4.57. The van der Waals surface area contributed by atoms with Gasteiger partial charge in [-0.3, -0.25) is 0 Å². The molecule has 0 bridgehead atoms. The molecule has 2 heteroatoms. The highest BCUT2D eigenvalue weighted by Crippen LogP contribution is 2.28. The Bertz CT molecular complexity index is 53.7. The molecule has 6 heavy (non-hydrogen) atoms. The Kier molecular flexibility index (Phi) is 3.83. The van der Waals surface area contributed by atoms with Crippen LogP contribution < -0.4 is 0 Å². The Morgan fingerprint density at radius 2 is 1.17 bits per heavy atom. The van der Waals surface area contributed by atoms with Crippen LogP contribution in [0.2, 0.25) is 0 Å². The van der Waals surface area contributed by atoms with Gasteiger partial charge in [0, 0.05) is 0 Å². The zero-order valence-corrected chi connectivity index (χ0v) is 4.75. The van der Waals surface area contributed by atoms with Crippen molar-refractivity contribution in [3.63, 3.8) is 0 Å². The van der Waals surface area contributed by atoms with Crippen molar-refractivity contribution in [1.29, 1.82) is 0 Å². The lowest BCUT2D eigenvalue weighted by atomic mass is 11.9. The summed E-state index contributed by atoms with van der Waals surface area (Å²) in [7, 11) is -1.64. The zero-order valence-electron chi connectivity index (χ0n) is 3.86. The van der Waals surface area contributed by atoms with Crippen molar-refractivity contribution in [3.8, 4) is 0 Å². The van der Waals surface area contributed by atoms with Gasteiger partial charge < -0.3 is 4.57 Å². The third-order valence-corrected chi connectivity index (χ3v) is 0. The molecule has 0 N–H and O–H groups in total. The largest absolute Gasteiger partial charge is 0.324 e. The van der Waals surface area contributed by atoms with Crippen molar-refractivity contribution in [3.05, 3.63) is 0 Å². The molecule has 0 spiro atoms. The van der Waals surface area contributed by atoms with Gasteiger partial charge in [-0.1, -0.05) is 7.43 Å². The van der Waals surface area contributed by atoms with Crippen molar-refractivity contribution in [2.45, 2.75) is 7.43 Å². The highest BCUT2D eigenvalue weighted by atomic mass is 31.2. The van der Waals surface area contributed by atoms with Crippen LogP contribution in [0.3, 0.4) is 0 Å². The molecule has 0 saturated heterocycles. The average Bonchev–Trinajstić information content (AvgIpc) is 0.722. The van der Waals surface area contributed by atoms with Crippen LogP contribution in [0, 0.1) is 0 Å². The van der Waals surface area contributed by atoms with Gasteiger partial charge in [-0.2, -0.15) is 0 Å². The van der Waals surface area contributed by atoms with Gasteiger partial charge in [0.05, 0.1) is 7.14 Å². The molecule has 0 aliphatic rings. The van der Waals surface area contributed by atoms with E-state index in [4.69, 9.17) is 0 Å². The van der Waals surface area contributed by atoms with Crippen LogP contribution >= 0.6 is 7.14 Å². The Balaban J connectivity index is 0. The Morgan fingerprint density at radius 3 is 1.17 bits per heavy atom. The molecule has 0 atom stereocenters. The molecule has 40 valence electrons. The van der Waals surface area contributed by atoms with E-state index in [-0.39, 0.29) is 7.43 Å². The smallest absolute Gasteiger partial charge is 0.0790 e. The fourth-order valence-corrected chi connectivity index (χ4v) is 0. The molecular weight excluding hydrogens is 95.0 g/mol. The normalized spacial score (nSPS) is 9.83. The van der Waals surface area contributed by atoms with Crippen LogP contribution in [0.4, 0.5) is 0 Å². The van der Waals surface area contributed by atoms with E-state index in [0.717, 1.165) is 0 Å². The lowest BCUT2D eigenvalue weighted by Gasteiger charge is -1.86. The number of rotatable bonds is 0. The fraction of sp³-hybridized carbons (Fsp3) is 1.00. The lowest BCUT2D eigenvalue weighted by Crippen LogP contribution is -1.61. The second kappa shape index (κ2) is 2.41. The topological polar surface area (TPSA) is 17.1 Å². The molecule has 0 rings (SSSR count). The van der Waals surface area contributed by atoms with Crippen LogP contribution in [0.1, 0.15) is 7.43 Å². The van der Waals surface area contributed by atoms with Crippen LogP contribution in [-0.4, -0.2) is 20.0 Å². The van der Waals surface area contributed by atoms with Crippen molar-refractivity contribution < 1.29 is 4.57 Å². The SMILES string of the molecule is C.CP(C)(C)=O. The molecule has 0 aromatic rings. The predicted molar refractivity (Wildman–Crippen MR) is 32.1 cm³/mol. The maximum absolute atomic E-state index is 10.2. The summed E-state index contributed by atoms with van der Waals surface area (Å²) in [6.07, 6.45) is 0. The van der Waals surface area contributed by atoms with Crippen LogP contribution in [0.15, 0.2) is 0 Å². The standard InChI is InChI=1S/C3H9OP.CH4/c1-5(2,3)4;/h1-3H3;1H4. The molecule has 1 nitrogen and oxygen atoms in total. The molecule has 0 fully saturated rings. The van der Waals surface area contributed by atoms with E-state index < -0.39 is 7.14 Å². The van der Waals surface area contributed by atoms with E-state index in [2.05, 4.69) is 0 Å². The molecule has 0 amide bonds. The molecule has 0 aromatic carbocycles. The molecule has 0 aromatic heterocycles. The van der Waals surface area contributed by atoms with E-state index in [1.165, 1.54) is 0 Å². The molecule has 0 radical (unpaired) electrons. The first-order valence-electron chi connectivity index (χ1n) is 1.52. The highest BCUT2D eigenvalue weighted by molar-refractivity contribution is 7.61. The summed E-state index contributed by atoms with van der Waals surface area (Å²) >= 11 is 0. The van der Waals surface area contributed by atoms with E-state index in [1.807, 2.05) is 0 Å². The first kappa shape index (κ1) is 9.52. The summed E-state index contributed by atoms with van der Waals surface area (Å²) in [5.74, 6) is 0. The summed E-state index contributed by atoms with van der Waals surface area (Å²) in [6.45, 7) is 5.23. The zero-order chi connectivity index (χ0) is 4.50. The van der Waals surface area contributed by atoms with Gasteiger partial charge in [0.1, 0.15) is 0 Å². The van der Waals surface area contributed by atoms with Gasteiger partial charge in [0.15, 0.2) is 0 Å². The van der Waals surface area contributed by atoms with Gasteiger partial charge in [-0.25, -0.2) is 0 Å². The number of hydrogen-bond donors (Lipinski definition) is 0. The van der Waals surface area contributed by atoms with Crippen molar-refractivity contribution in [2.75, 3.05) is 20.0 Å². The molecule has 0 aliphatic heterocycles. The lowest BCUT2D eigenvalue weighted by molar-refractivity contribution is 0.586. The van der Waals surface area contributed by atoms with Gasteiger partial charge >= 0.3 is 0 Å². The number of hydrogen-bond acceptors (Lipinski definition) is 1. The van der Waals surface area contributed by atoms with Gasteiger partial charge in [-0.15, -0.1) is 0 Å². The first-order chi connectivity index (χ1) is 2.00. The summed E-state index contributed by atoms with van der Waals surface area (Å²) in [5.41, 5.74) is 0. The molecular formula is C4H13OP. The van der Waals surface area contributed by atoms with E-state index in [1.54, 1.807) is 20.0 Å². The minimum atomic E-state index is -1.64. The van der Waals surface area contributed by atoms with Gasteiger partial charge in [0.2, 0.25) is 0 Å². The maximum atomic E-state index is 10.2. The average molecular weight is 108 g/mol. The second-order valence-electron chi connectivity index (χ2n) is 1.89. The van der Waals surface area contributed by atoms with Crippen molar-refractivity contribution in [2.24, 2.45) is 0 Å². The van der Waals surface area contributed by atoms with Crippen LogP contribution in [0.25, 0.3) is 0 Å². The predicted octanol–water partition coefficient (Wildman–Crippen LogP) is 1.87. The summed E-state index contributed by atoms with van der Waals surface area (Å²) in [5, 5.41) is 0. The third kappa shape index (κ3) is 834. The van der Waals surface area contributed by atoms with E-state index >= 15 is 0 Å². The van der Waals surface area contributed by atoms with Crippen molar-refractivity contribution >= 4 is 7.14 Å². The quantitative estimate of drug-likeness (QED) is 0.433. The van der Waals surface area contributed by atoms with Crippen molar-refractivity contribution in [1.82, 2.24) is 0 Å². The Hall–Kier alpha value is 0.230. The summed E-state index contributed by atoms with van der Waals surface area (Å²) < 4.78 is 10.2. The van der Waals surface area contributed by atoms with Gasteiger partial charge in [0.25, 0.3) is 0 Å². The molecule has 0 aliphatic carbocycles. The van der Waals surface area contributed by atoms with E-state index in [9.17, 15) is 4.57 Å². The molecule has 0 saturated carbocycles. The Labute approximate surface area is 40.1 Å². The van der Waals surface area contributed by atoms with E-state index in [0.29, 0.717) is 0 Å². The summed E-state index contributed by atoms with van der Waals surface area (Å²) in [6, 6.07) is 0. The maximum Gasteiger partial charge on any atom is 0.0790 e. The highest BCUT2D eigenvalue weighted by Gasteiger charge is 1.89. The summed E-state index contributed by atoms with van der Waals surface area (Å²) in [4.78, 5) is 0. The molecule has 0 heterocycles. The van der Waals surface area contributed by atoms with Crippen LogP contribution in [-0.2, 0) is 4.57 Å². The molecule has 0 unspecified atom stereocenters. The Morgan fingerprint density at radius 1 is 1.17 bits per heavy atom. The third-order valence-electron chi connectivity index (χ3n) is 0. The fourth-order valence-electron chi connectivity index (χ4n) is 0. The minimum absolute atomic E-state index is 0. The second-order valence-corrected chi connectivity index (χ2v) is 5.67.